The highest BCUT2D eigenvalue weighted by Gasteiger charge is 2.34. The first-order chi connectivity index (χ1) is 11.0. The molecule has 124 valence electrons. The van der Waals surface area contributed by atoms with E-state index in [-0.39, 0.29) is 11.7 Å². The standard InChI is InChI=1S/C15H19N3O4S/c1-15(17-8-12(23-15)14(16)20)18-5-4-10(7-13(18)19)22-9-11-3-2-6-21-11/h4-5,7-8,11,17H,2-3,6,9H2,1H3,(H2,16,20). The Hall–Kier alpha value is -1.93. The smallest absolute Gasteiger partial charge is 0.256 e. The first-order valence-electron chi connectivity index (χ1n) is 7.42. The molecule has 0 saturated carbocycles. The largest absolute Gasteiger partial charge is 0.491 e. The number of carbonyl (C=O) groups is 1. The lowest BCUT2D eigenvalue weighted by atomic mass is 10.2. The predicted molar refractivity (Wildman–Crippen MR) is 86.8 cm³/mol. The second-order valence-corrected chi connectivity index (χ2v) is 7.06. The summed E-state index contributed by atoms with van der Waals surface area (Å²) in [7, 11) is 0. The van der Waals surface area contributed by atoms with Crippen LogP contribution in [-0.4, -0.2) is 29.8 Å². The molecular weight excluding hydrogens is 318 g/mol. The number of nitrogens with one attached hydrogen (secondary N) is 1. The fraction of sp³-hybridized carbons (Fsp3) is 0.467. The van der Waals surface area contributed by atoms with Gasteiger partial charge in [-0.25, -0.2) is 0 Å². The Balaban J connectivity index is 1.70. The van der Waals surface area contributed by atoms with Crippen LogP contribution < -0.4 is 21.3 Å². The molecule has 0 radical (unpaired) electrons. The first-order valence-corrected chi connectivity index (χ1v) is 8.24. The molecule has 3 N–H and O–H groups in total. The van der Waals surface area contributed by atoms with Gasteiger partial charge in [0.1, 0.15) is 12.4 Å². The highest BCUT2D eigenvalue weighted by molar-refractivity contribution is 8.04. The number of aromatic nitrogens is 1. The molecule has 23 heavy (non-hydrogen) atoms. The highest BCUT2D eigenvalue weighted by Crippen LogP contribution is 2.37. The van der Waals surface area contributed by atoms with Crippen LogP contribution in [0.5, 0.6) is 5.75 Å². The van der Waals surface area contributed by atoms with Crippen LogP contribution in [0.2, 0.25) is 0 Å². The van der Waals surface area contributed by atoms with Crippen LogP contribution in [0.3, 0.4) is 0 Å². The molecule has 2 aliphatic rings. The Morgan fingerprint density at radius 3 is 3.09 bits per heavy atom. The van der Waals surface area contributed by atoms with Crippen LogP contribution in [0.1, 0.15) is 19.8 Å². The maximum Gasteiger partial charge on any atom is 0.256 e. The van der Waals surface area contributed by atoms with Gasteiger partial charge in [-0.2, -0.15) is 0 Å². The highest BCUT2D eigenvalue weighted by atomic mass is 32.2. The summed E-state index contributed by atoms with van der Waals surface area (Å²) >= 11 is 1.21. The molecule has 0 bridgehead atoms. The topological polar surface area (TPSA) is 95.6 Å². The lowest BCUT2D eigenvalue weighted by molar-refractivity contribution is -0.113. The number of carbonyl (C=O) groups excluding carboxylic acids is 1. The maximum absolute atomic E-state index is 12.4. The number of hydrogen-bond donors (Lipinski definition) is 2. The van der Waals surface area contributed by atoms with E-state index >= 15 is 0 Å². The Labute approximate surface area is 137 Å². The van der Waals surface area contributed by atoms with Crippen molar-refractivity contribution < 1.29 is 14.3 Å². The van der Waals surface area contributed by atoms with Crippen molar-refractivity contribution in [3.63, 3.8) is 0 Å². The zero-order valence-corrected chi connectivity index (χ0v) is 13.6. The maximum atomic E-state index is 12.4. The predicted octanol–water partition coefficient (Wildman–Crippen LogP) is 0.699. The van der Waals surface area contributed by atoms with Crippen molar-refractivity contribution in [3.05, 3.63) is 39.8 Å². The summed E-state index contributed by atoms with van der Waals surface area (Å²) in [4.78, 5) is 23.2. The summed E-state index contributed by atoms with van der Waals surface area (Å²) in [5.41, 5.74) is 5.05. The molecule has 1 saturated heterocycles. The third-order valence-corrected chi connectivity index (χ3v) is 5.08. The van der Waals surface area contributed by atoms with Crippen LogP contribution in [0.15, 0.2) is 34.2 Å². The molecule has 1 fully saturated rings. The summed E-state index contributed by atoms with van der Waals surface area (Å²) in [6.45, 7) is 3.02. The van der Waals surface area contributed by atoms with Gasteiger partial charge in [0.15, 0.2) is 4.99 Å². The molecule has 3 heterocycles. The van der Waals surface area contributed by atoms with E-state index < -0.39 is 10.9 Å². The molecule has 0 aromatic carbocycles. The van der Waals surface area contributed by atoms with E-state index in [1.54, 1.807) is 19.2 Å². The van der Waals surface area contributed by atoms with Gasteiger partial charge in [-0.05, 0) is 25.8 Å². The van der Waals surface area contributed by atoms with E-state index in [1.807, 2.05) is 0 Å². The Kier molecular flexibility index (Phi) is 4.36. The van der Waals surface area contributed by atoms with Gasteiger partial charge in [0.05, 0.1) is 11.0 Å². The monoisotopic (exact) mass is 337 g/mol. The van der Waals surface area contributed by atoms with Gasteiger partial charge < -0.3 is 20.5 Å². The minimum Gasteiger partial charge on any atom is -0.491 e. The van der Waals surface area contributed by atoms with Crippen LogP contribution in [-0.2, 0) is 14.5 Å². The molecule has 3 rings (SSSR count). The van der Waals surface area contributed by atoms with Crippen LogP contribution in [0, 0.1) is 0 Å². The van der Waals surface area contributed by atoms with E-state index in [0.717, 1.165) is 19.4 Å². The first kappa shape index (κ1) is 15.9. The van der Waals surface area contributed by atoms with Crippen molar-refractivity contribution in [2.24, 2.45) is 5.73 Å². The number of ether oxygens (including phenoxy) is 2. The zero-order valence-electron chi connectivity index (χ0n) is 12.8. The van der Waals surface area contributed by atoms with Gasteiger partial charge >= 0.3 is 0 Å². The van der Waals surface area contributed by atoms with Crippen LogP contribution >= 0.6 is 11.8 Å². The number of pyridine rings is 1. The van der Waals surface area contributed by atoms with Gasteiger partial charge in [-0.1, -0.05) is 11.8 Å². The van der Waals surface area contributed by atoms with Crippen molar-refractivity contribution in [3.8, 4) is 5.75 Å². The number of amides is 1. The van der Waals surface area contributed by atoms with Crippen molar-refractivity contribution in [1.82, 2.24) is 9.88 Å². The zero-order chi connectivity index (χ0) is 16.4. The molecule has 0 aliphatic carbocycles. The summed E-state index contributed by atoms with van der Waals surface area (Å²) < 4.78 is 12.6. The summed E-state index contributed by atoms with van der Waals surface area (Å²) in [5.74, 6) is -0.00720. The lowest BCUT2D eigenvalue weighted by Crippen LogP contribution is -2.42. The van der Waals surface area contributed by atoms with Gasteiger partial charge in [0, 0.05) is 25.1 Å². The molecule has 1 aromatic rings. The van der Waals surface area contributed by atoms with E-state index in [9.17, 15) is 9.59 Å². The number of nitrogens with two attached hydrogens (primary N) is 1. The van der Waals surface area contributed by atoms with E-state index in [0.29, 0.717) is 17.3 Å². The lowest BCUT2D eigenvalue weighted by Gasteiger charge is -2.27. The summed E-state index contributed by atoms with van der Waals surface area (Å²) in [6, 6.07) is 3.16. The van der Waals surface area contributed by atoms with Crippen molar-refractivity contribution in [2.75, 3.05) is 13.2 Å². The number of nitrogens with zero attached hydrogens (tertiary/aromatic N) is 1. The Bertz CT molecular complexity index is 696. The number of hydrogen-bond acceptors (Lipinski definition) is 6. The number of thioether (sulfide) groups is 1. The summed E-state index contributed by atoms with van der Waals surface area (Å²) in [6.07, 6.45) is 5.31. The Morgan fingerprint density at radius 2 is 2.48 bits per heavy atom. The second kappa shape index (κ2) is 6.29. The SMILES string of the molecule is CC1(n2ccc(OCC3CCCO3)cc2=O)NC=C(C(N)=O)S1. The van der Waals surface area contributed by atoms with Gasteiger partial charge in [-0.15, -0.1) is 0 Å². The van der Waals surface area contributed by atoms with Crippen LogP contribution in [0.4, 0.5) is 0 Å². The van der Waals surface area contributed by atoms with Crippen molar-refractivity contribution in [1.29, 1.82) is 0 Å². The Morgan fingerprint density at radius 1 is 1.65 bits per heavy atom. The molecule has 2 aliphatic heterocycles. The van der Waals surface area contributed by atoms with Crippen molar-refractivity contribution >= 4 is 17.7 Å². The normalized spacial score (nSPS) is 26.7. The number of rotatable bonds is 5. The van der Waals surface area contributed by atoms with Crippen LogP contribution in [0.25, 0.3) is 0 Å². The second-order valence-electron chi connectivity index (χ2n) is 5.62. The molecule has 1 aromatic heterocycles. The molecule has 7 nitrogen and oxygen atoms in total. The fourth-order valence-electron chi connectivity index (χ4n) is 2.58. The van der Waals surface area contributed by atoms with E-state index in [2.05, 4.69) is 5.32 Å². The number of primary amides is 1. The molecular formula is C15H19N3O4S. The average molecular weight is 337 g/mol. The van der Waals surface area contributed by atoms with Gasteiger partial charge in [0.2, 0.25) is 0 Å². The molecule has 2 atom stereocenters. The summed E-state index contributed by atoms with van der Waals surface area (Å²) in [5, 5.41) is 3.02. The minimum absolute atomic E-state index is 0.101. The van der Waals surface area contributed by atoms with Crippen molar-refractivity contribution in [2.45, 2.75) is 30.9 Å². The molecule has 2 unspecified atom stereocenters. The molecule has 8 heteroatoms. The third-order valence-electron chi connectivity index (χ3n) is 3.83. The minimum atomic E-state index is -0.783. The van der Waals surface area contributed by atoms with Gasteiger partial charge in [0.25, 0.3) is 11.5 Å². The molecule has 0 spiro atoms. The quantitative estimate of drug-likeness (QED) is 0.821. The third kappa shape index (κ3) is 3.37. The fourth-order valence-corrected chi connectivity index (χ4v) is 3.59. The van der Waals surface area contributed by atoms with E-state index in [1.165, 1.54) is 28.6 Å². The average Bonchev–Trinajstić information content (AvgIpc) is 3.15. The van der Waals surface area contributed by atoms with Gasteiger partial charge in [-0.3, -0.25) is 14.2 Å². The van der Waals surface area contributed by atoms with E-state index in [4.69, 9.17) is 15.2 Å². The molecule has 1 amide bonds.